The molecule has 0 bridgehead atoms. The molecule has 0 atom stereocenters. The van der Waals surface area contributed by atoms with Crippen LogP contribution in [0.3, 0.4) is 0 Å². The molecule has 3 heterocycles. The fourth-order valence-electron chi connectivity index (χ4n) is 2.90. The monoisotopic (exact) mass is 376 g/mol. The van der Waals surface area contributed by atoms with Gasteiger partial charge in [0.1, 0.15) is 0 Å². The molecule has 5 nitrogen and oxygen atoms in total. The number of rotatable bonds is 3. The molecule has 0 saturated carbocycles. The van der Waals surface area contributed by atoms with Crippen molar-refractivity contribution in [1.29, 1.82) is 0 Å². The summed E-state index contributed by atoms with van der Waals surface area (Å²) in [5.41, 5.74) is 6.23. The Morgan fingerprint density at radius 1 is 1.12 bits per heavy atom. The van der Waals surface area contributed by atoms with Crippen LogP contribution in [-0.4, -0.2) is 20.9 Å². The van der Waals surface area contributed by atoms with Crippen molar-refractivity contribution >= 4 is 54.8 Å². The molecule has 7 heteroatoms. The molecule has 5 aromatic rings. The number of benzene rings is 2. The number of fused-ring (bicyclic) bond motifs is 2. The lowest BCUT2D eigenvalue weighted by Gasteiger charge is -2.01. The Balaban J connectivity index is 1.42. The molecule has 0 aliphatic heterocycles. The zero-order valence-corrected chi connectivity index (χ0v) is 15.0. The van der Waals surface area contributed by atoms with Crippen molar-refractivity contribution < 1.29 is 4.79 Å². The molecule has 0 saturated heterocycles. The van der Waals surface area contributed by atoms with Crippen molar-refractivity contribution in [2.24, 2.45) is 0 Å². The van der Waals surface area contributed by atoms with Gasteiger partial charge in [-0.25, -0.2) is 9.97 Å². The summed E-state index contributed by atoms with van der Waals surface area (Å²) < 4.78 is 0.997. The van der Waals surface area contributed by atoms with E-state index in [4.69, 9.17) is 0 Å². The van der Waals surface area contributed by atoms with Crippen LogP contribution in [0.5, 0.6) is 0 Å². The van der Waals surface area contributed by atoms with Crippen LogP contribution >= 0.6 is 22.7 Å². The van der Waals surface area contributed by atoms with E-state index in [1.165, 1.54) is 22.7 Å². The first kappa shape index (κ1) is 15.2. The summed E-state index contributed by atoms with van der Waals surface area (Å²) in [6.07, 6.45) is 1.95. The summed E-state index contributed by atoms with van der Waals surface area (Å²) in [5, 5.41) is 6.54. The van der Waals surface area contributed by atoms with E-state index >= 15 is 0 Å². The third-order valence-electron chi connectivity index (χ3n) is 4.18. The van der Waals surface area contributed by atoms with Gasteiger partial charge in [0.25, 0.3) is 5.91 Å². The summed E-state index contributed by atoms with van der Waals surface area (Å²) in [4.78, 5) is 24.6. The van der Waals surface area contributed by atoms with Crippen LogP contribution in [0, 0.1) is 0 Å². The van der Waals surface area contributed by atoms with Crippen LogP contribution in [0.25, 0.3) is 32.4 Å². The fraction of sp³-hybridized carbons (Fsp3) is 0. The van der Waals surface area contributed by atoms with E-state index in [-0.39, 0.29) is 5.91 Å². The zero-order valence-electron chi connectivity index (χ0n) is 13.4. The van der Waals surface area contributed by atoms with E-state index in [1.54, 1.807) is 11.6 Å². The number of carbonyl (C=O) groups excluding carboxylic acids is 1. The molecule has 126 valence electrons. The first-order chi connectivity index (χ1) is 12.8. The Hall–Kier alpha value is -3.03. The number of hydrogen-bond acceptors (Lipinski definition) is 5. The number of nitrogens with zero attached hydrogens (tertiary/aromatic N) is 2. The minimum atomic E-state index is -0.167. The second kappa shape index (κ2) is 6.05. The van der Waals surface area contributed by atoms with Gasteiger partial charge in [0, 0.05) is 33.6 Å². The lowest BCUT2D eigenvalue weighted by molar-refractivity contribution is 0.102. The maximum absolute atomic E-state index is 12.5. The predicted molar refractivity (Wildman–Crippen MR) is 107 cm³/mol. The number of nitrogens with one attached hydrogen (secondary N) is 2. The van der Waals surface area contributed by atoms with Crippen LogP contribution in [-0.2, 0) is 0 Å². The van der Waals surface area contributed by atoms with Crippen molar-refractivity contribution in [3.8, 4) is 11.3 Å². The van der Waals surface area contributed by atoms with Gasteiger partial charge in [0.15, 0.2) is 5.13 Å². The van der Waals surface area contributed by atoms with Gasteiger partial charge >= 0.3 is 0 Å². The second-order valence-corrected chi connectivity index (χ2v) is 7.52. The summed E-state index contributed by atoms with van der Waals surface area (Å²) >= 11 is 2.94. The molecule has 2 aromatic carbocycles. The standard InChI is InChI=1S/C19H12N4OS2/c24-18(11-5-6-15-17(7-11)26-10-21-15)23-19-22-16(9-25-19)13-8-20-14-4-2-1-3-12(13)14/h1-10,20H,(H,22,23,24). The maximum atomic E-state index is 12.5. The Labute approximate surface area is 156 Å². The van der Waals surface area contributed by atoms with Gasteiger partial charge in [-0.15, -0.1) is 22.7 Å². The maximum Gasteiger partial charge on any atom is 0.257 e. The van der Waals surface area contributed by atoms with E-state index < -0.39 is 0 Å². The number of aromatic amines is 1. The molecule has 26 heavy (non-hydrogen) atoms. The summed E-state index contributed by atoms with van der Waals surface area (Å²) in [5.74, 6) is -0.167. The highest BCUT2D eigenvalue weighted by atomic mass is 32.1. The van der Waals surface area contributed by atoms with Crippen molar-refractivity contribution in [2.75, 3.05) is 5.32 Å². The lowest BCUT2D eigenvalue weighted by atomic mass is 10.1. The molecule has 3 aromatic heterocycles. The summed E-state index contributed by atoms with van der Waals surface area (Å²) in [6, 6.07) is 13.6. The molecular formula is C19H12N4OS2. The largest absolute Gasteiger partial charge is 0.360 e. The van der Waals surface area contributed by atoms with Gasteiger partial charge in [0.05, 0.1) is 21.4 Å². The van der Waals surface area contributed by atoms with Crippen LogP contribution < -0.4 is 5.32 Å². The first-order valence-corrected chi connectivity index (χ1v) is 9.70. The second-order valence-electron chi connectivity index (χ2n) is 5.77. The number of thiazole rings is 2. The van der Waals surface area contributed by atoms with Gasteiger partial charge in [-0.3, -0.25) is 10.1 Å². The molecule has 0 aliphatic rings. The predicted octanol–water partition coefficient (Wildman–Crippen LogP) is 5.15. The van der Waals surface area contributed by atoms with E-state index in [0.717, 1.165) is 32.4 Å². The average Bonchev–Trinajstić information content (AvgIpc) is 3.39. The Kier molecular flexibility index (Phi) is 3.55. The number of amides is 1. The normalized spacial score (nSPS) is 11.2. The summed E-state index contributed by atoms with van der Waals surface area (Å²) in [6.45, 7) is 0. The molecule has 0 aliphatic carbocycles. The number of H-pyrrole nitrogens is 1. The summed E-state index contributed by atoms with van der Waals surface area (Å²) in [7, 11) is 0. The zero-order chi connectivity index (χ0) is 17.5. The molecule has 1 amide bonds. The average molecular weight is 376 g/mol. The number of anilines is 1. The van der Waals surface area contributed by atoms with E-state index in [9.17, 15) is 4.79 Å². The van der Waals surface area contributed by atoms with Crippen molar-refractivity contribution in [1.82, 2.24) is 15.0 Å². The SMILES string of the molecule is O=C(Nc1nc(-c2c[nH]c3ccccc23)cs1)c1ccc2ncsc2c1. The van der Waals surface area contributed by atoms with E-state index in [2.05, 4.69) is 26.3 Å². The molecule has 0 fully saturated rings. The van der Waals surface area contributed by atoms with Crippen molar-refractivity contribution in [2.45, 2.75) is 0 Å². The minimum Gasteiger partial charge on any atom is -0.360 e. The Morgan fingerprint density at radius 3 is 3.00 bits per heavy atom. The van der Waals surface area contributed by atoms with E-state index in [0.29, 0.717) is 10.7 Å². The number of aromatic nitrogens is 3. The number of hydrogen-bond donors (Lipinski definition) is 2. The van der Waals surface area contributed by atoms with Crippen LogP contribution in [0.1, 0.15) is 10.4 Å². The number of carbonyl (C=O) groups is 1. The van der Waals surface area contributed by atoms with E-state index in [1.807, 2.05) is 41.9 Å². The molecule has 2 N–H and O–H groups in total. The van der Waals surface area contributed by atoms with Crippen molar-refractivity contribution in [3.63, 3.8) is 0 Å². The topological polar surface area (TPSA) is 70.7 Å². The first-order valence-electron chi connectivity index (χ1n) is 7.94. The Morgan fingerprint density at radius 2 is 2.04 bits per heavy atom. The van der Waals surface area contributed by atoms with Gasteiger partial charge in [-0.05, 0) is 24.3 Å². The third-order valence-corrected chi connectivity index (χ3v) is 5.73. The van der Waals surface area contributed by atoms with Crippen LogP contribution in [0.2, 0.25) is 0 Å². The molecule has 0 unspecified atom stereocenters. The van der Waals surface area contributed by atoms with Gasteiger partial charge in [-0.2, -0.15) is 0 Å². The highest BCUT2D eigenvalue weighted by molar-refractivity contribution is 7.16. The van der Waals surface area contributed by atoms with Gasteiger partial charge in [0.2, 0.25) is 0 Å². The Bertz CT molecular complexity index is 1250. The molecule has 0 spiro atoms. The quantitative estimate of drug-likeness (QED) is 0.457. The highest BCUT2D eigenvalue weighted by Crippen LogP contribution is 2.31. The smallest absolute Gasteiger partial charge is 0.257 e. The third kappa shape index (κ3) is 2.58. The van der Waals surface area contributed by atoms with Gasteiger partial charge < -0.3 is 4.98 Å². The molecular weight excluding hydrogens is 364 g/mol. The van der Waals surface area contributed by atoms with Gasteiger partial charge in [-0.1, -0.05) is 18.2 Å². The highest BCUT2D eigenvalue weighted by Gasteiger charge is 2.13. The fourth-order valence-corrected chi connectivity index (χ4v) is 4.33. The van der Waals surface area contributed by atoms with Crippen LogP contribution in [0.15, 0.2) is 59.6 Å². The number of para-hydroxylation sites is 1. The van der Waals surface area contributed by atoms with Crippen LogP contribution in [0.4, 0.5) is 5.13 Å². The van der Waals surface area contributed by atoms with Crippen molar-refractivity contribution in [3.05, 3.63) is 65.1 Å². The minimum absolute atomic E-state index is 0.167. The lowest BCUT2D eigenvalue weighted by Crippen LogP contribution is -2.11. The molecule has 5 rings (SSSR count). The molecule has 0 radical (unpaired) electrons.